The van der Waals surface area contributed by atoms with E-state index in [9.17, 15) is 4.79 Å². The van der Waals surface area contributed by atoms with E-state index in [0.717, 1.165) is 39.0 Å². The van der Waals surface area contributed by atoms with Crippen LogP contribution in [0.4, 0.5) is 0 Å². The molecule has 1 heterocycles. The summed E-state index contributed by atoms with van der Waals surface area (Å²) in [6, 6.07) is 6.57. The molecule has 2 rings (SSSR count). The summed E-state index contributed by atoms with van der Waals surface area (Å²) in [6.07, 6.45) is 1.93. The molecule has 1 atom stereocenters. The molecular weight excluding hydrogens is 248 g/mol. The zero-order valence-electron chi connectivity index (χ0n) is 12.9. The molecule has 3 nitrogen and oxygen atoms in total. The third-order valence-electron chi connectivity index (χ3n) is 4.20. The van der Waals surface area contributed by atoms with Crippen LogP contribution in [0.15, 0.2) is 18.2 Å². The van der Waals surface area contributed by atoms with Gasteiger partial charge in [0.05, 0.1) is 0 Å². The van der Waals surface area contributed by atoms with E-state index in [1.165, 1.54) is 16.7 Å². The molecule has 1 amide bonds. The Balaban J connectivity index is 1.89. The molecule has 0 radical (unpaired) electrons. The molecule has 1 aromatic rings. The lowest BCUT2D eigenvalue weighted by Crippen LogP contribution is -2.48. The summed E-state index contributed by atoms with van der Waals surface area (Å²) in [5, 5.41) is 3.29. The topological polar surface area (TPSA) is 32.3 Å². The van der Waals surface area contributed by atoms with Crippen LogP contribution in [0.1, 0.15) is 30.0 Å². The molecule has 1 unspecified atom stereocenters. The first kappa shape index (κ1) is 15.0. The molecule has 1 saturated heterocycles. The summed E-state index contributed by atoms with van der Waals surface area (Å²) in [7, 11) is 0. The van der Waals surface area contributed by atoms with Crippen LogP contribution in [0.5, 0.6) is 0 Å². The van der Waals surface area contributed by atoms with Crippen LogP contribution in [0.2, 0.25) is 0 Å². The van der Waals surface area contributed by atoms with E-state index in [1.807, 2.05) is 4.90 Å². The quantitative estimate of drug-likeness (QED) is 0.914. The molecule has 0 aromatic heterocycles. The maximum absolute atomic E-state index is 12.4. The summed E-state index contributed by atoms with van der Waals surface area (Å²) in [5.41, 5.74) is 4.01. The zero-order chi connectivity index (χ0) is 14.5. The van der Waals surface area contributed by atoms with Crippen molar-refractivity contribution in [2.24, 2.45) is 5.92 Å². The minimum absolute atomic E-state index is 0.119. The number of carbonyl (C=O) groups is 1. The Morgan fingerprint density at radius 1 is 1.30 bits per heavy atom. The summed E-state index contributed by atoms with van der Waals surface area (Å²) >= 11 is 0. The van der Waals surface area contributed by atoms with E-state index >= 15 is 0 Å². The Kier molecular flexibility index (Phi) is 5.18. The van der Waals surface area contributed by atoms with Gasteiger partial charge in [-0.25, -0.2) is 0 Å². The molecule has 1 N–H and O–H groups in total. The first-order valence-electron chi connectivity index (χ1n) is 7.63. The van der Waals surface area contributed by atoms with Gasteiger partial charge in [-0.05, 0) is 37.8 Å². The Morgan fingerprint density at radius 3 is 2.70 bits per heavy atom. The number of nitrogens with one attached hydrogen (secondary N) is 1. The van der Waals surface area contributed by atoms with E-state index in [0.29, 0.717) is 5.91 Å². The number of hydrogen-bond acceptors (Lipinski definition) is 2. The van der Waals surface area contributed by atoms with Crippen molar-refractivity contribution < 1.29 is 4.79 Å². The van der Waals surface area contributed by atoms with Gasteiger partial charge < -0.3 is 10.2 Å². The second kappa shape index (κ2) is 6.89. The fourth-order valence-corrected chi connectivity index (χ4v) is 2.76. The standard InChI is InChI=1S/C17H26N2O/c1-13-4-5-14(2)16(12-13)7-6-15(3)17(20)19-10-8-18-9-11-19/h4-5,12,15,18H,6-11H2,1-3H3. The van der Waals surface area contributed by atoms with Crippen molar-refractivity contribution in [1.82, 2.24) is 10.2 Å². The number of amides is 1. The van der Waals surface area contributed by atoms with Crippen LogP contribution in [-0.2, 0) is 11.2 Å². The Morgan fingerprint density at radius 2 is 2.00 bits per heavy atom. The van der Waals surface area contributed by atoms with E-state index in [-0.39, 0.29) is 5.92 Å². The van der Waals surface area contributed by atoms with Gasteiger partial charge in [-0.15, -0.1) is 0 Å². The molecule has 0 aliphatic carbocycles. The highest BCUT2D eigenvalue weighted by Crippen LogP contribution is 2.17. The normalized spacial score (nSPS) is 17.1. The van der Waals surface area contributed by atoms with Gasteiger partial charge in [0.1, 0.15) is 0 Å². The summed E-state index contributed by atoms with van der Waals surface area (Å²) < 4.78 is 0. The van der Waals surface area contributed by atoms with Crippen molar-refractivity contribution in [2.75, 3.05) is 26.2 Å². The van der Waals surface area contributed by atoms with Crippen LogP contribution < -0.4 is 5.32 Å². The van der Waals surface area contributed by atoms with Crippen LogP contribution >= 0.6 is 0 Å². The first-order valence-corrected chi connectivity index (χ1v) is 7.63. The highest BCUT2D eigenvalue weighted by molar-refractivity contribution is 5.78. The molecule has 0 spiro atoms. The van der Waals surface area contributed by atoms with Crippen molar-refractivity contribution in [3.05, 3.63) is 34.9 Å². The molecule has 1 aromatic carbocycles. The van der Waals surface area contributed by atoms with Gasteiger partial charge in [-0.1, -0.05) is 30.7 Å². The number of piperazine rings is 1. The average Bonchev–Trinajstić information content (AvgIpc) is 2.48. The number of hydrogen-bond donors (Lipinski definition) is 1. The maximum Gasteiger partial charge on any atom is 0.225 e. The van der Waals surface area contributed by atoms with Crippen LogP contribution in [0, 0.1) is 19.8 Å². The highest BCUT2D eigenvalue weighted by Gasteiger charge is 2.21. The summed E-state index contributed by atoms with van der Waals surface area (Å²) in [6.45, 7) is 9.90. The predicted octanol–water partition coefficient (Wildman–Crippen LogP) is 2.30. The lowest BCUT2D eigenvalue weighted by Gasteiger charge is -2.29. The van der Waals surface area contributed by atoms with Crippen molar-refractivity contribution in [3.8, 4) is 0 Å². The second-order valence-electron chi connectivity index (χ2n) is 5.94. The lowest BCUT2D eigenvalue weighted by molar-refractivity contribution is -0.135. The summed E-state index contributed by atoms with van der Waals surface area (Å²) in [4.78, 5) is 14.4. The van der Waals surface area contributed by atoms with Crippen molar-refractivity contribution >= 4 is 5.91 Å². The van der Waals surface area contributed by atoms with Crippen LogP contribution in [0.25, 0.3) is 0 Å². The molecule has 110 valence electrons. The lowest BCUT2D eigenvalue weighted by atomic mass is 9.96. The first-order chi connectivity index (χ1) is 9.58. The molecule has 0 saturated carbocycles. The van der Waals surface area contributed by atoms with Gasteiger partial charge >= 0.3 is 0 Å². The fourth-order valence-electron chi connectivity index (χ4n) is 2.76. The van der Waals surface area contributed by atoms with Crippen LogP contribution in [0.3, 0.4) is 0 Å². The predicted molar refractivity (Wildman–Crippen MR) is 82.9 cm³/mol. The average molecular weight is 274 g/mol. The van der Waals surface area contributed by atoms with E-state index in [2.05, 4.69) is 44.3 Å². The van der Waals surface area contributed by atoms with Crippen molar-refractivity contribution in [2.45, 2.75) is 33.6 Å². The molecular formula is C17H26N2O. The molecule has 1 aliphatic heterocycles. The monoisotopic (exact) mass is 274 g/mol. The molecule has 0 bridgehead atoms. The molecule has 20 heavy (non-hydrogen) atoms. The van der Waals surface area contributed by atoms with Gasteiger partial charge in [-0.3, -0.25) is 4.79 Å². The SMILES string of the molecule is Cc1ccc(C)c(CCC(C)C(=O)N2CCNCC2)c1. The number of aryl methyl sites for hydroxylation is 3. The van der Waals surface area contributed by atoms with Gasteiger partial charge in [0.15, 0.2) is 0 Å². The van der Waals surface area contributed by atoms with Gasteiger partial charge in [-0.2, -0.15) is 0 Å². The third-order valence-corrected chi connectivity index (χ3v) is 4.20. The third kappa shape index (κ3) is 3.83. The largest absolute Gasteiger partial charge is 0.340 e. The van der Waals surface area contributed by atoms with Gasteiger partial charge in [0.25, 0.3) is 0 Å². The summed E-state index contributed by atoms with van der Waals surface area (Å²) in [5.74, 6) is 0.435. The van der Waals surface area contributed by atoms with E-state index in [1.54, 1.807) is 0 Å². The van der Waals surface area contributed by atoms with E-state index < -0.39 is 0 Å². The highest BCUT2D eigenvalue weighted by atomic mass is 16.2. The van der Waals surface area contributed by atoms with Gasteiger partial charge in [0.2, 0.25) is 5.91 Å². The van der Waals surface area contributed by atoms with Crippen LogP contribution in [-0.4, -0.2) is 37.0 Å². The number of benzene rings is 1. The minimum atomic E-state index is 0.119. The number of carbonyl (C=O) groups excluding carboxylic acids is 1. The molecule has 1 aliphatic rings. The van der Waals surface area contributed by atoms with Crippen molar-refractivity contribution in [1.29, 1.82) is 0 Å². The number of rotatable bonds is 4. The maximum atomic E-state index is 12.4. The van der Waals surface area contributed by atoms with E-state index in [4.69, 9.17) is 0 Å². The zero-order valence-corrected chi connectivity index (χ0v) is 12.9. The van der Waals surface area contributed by atoms with Crippen molar-refractivity contribution in [3.63, 3.8) is 0 Å². The Bertz CT molecular complexity index is 464. The number of nitrogens with zero attached hydrogens (tertiary/aromatic N) is 1. The smallest absolute Gasteiger partial charge is 0.225 e. The minimum Gasteiger partial charge on any atom is -0.340 e. The fraction of sp³-hybridized carbons (Fsp3) is 0.588. The molecule has 3 heteroatoms. The molecule has 1 fully saturated rings. The Hall–Kier alpha value is -1.35. The second-order valence-corrected chi connectivity index (χ2v) is 5.94. The Labute approximate surface area is 122 Å². The van der Waals surface area contributed by atoms with Gasteiger partial charge in [0, 0.05) is 32.1 Å².